The summed E-state index contributed by atoms with van der Waals surface area (Å²) in [5.74, 6) is -1.11. The summed E-state index contributed by atoms with van der Waals surface area (Å²) < 4.78 is 6.89. The Morgan fingerprint density at radius 1 is 1.07 bits per heavy atom. The molecule has 0 radical (unpaired) electrons. The van der Waals surface area contributed by atoms with Crippen LogP contribution < -0.4 is 4.74 Å². The van der Waals surface area contributed by atoms with E-state index in [1.165, 1.54) is 0 Å². The lowest BCUT2D eigenvalue weighted by Gasteiger charge is -2.15. The molecule has 0 saturated carbocycles. The van der Waals surface area contributed by atoms with Crippen LogP contribution in [0.25, 0.3) is 11.0 Å². The van der Waals surface area contributed by atoms with Crippen molar-refractivity contribution < 1.29 is 29.3 Å². The molecule has 2 amide bonds. The lowest BCUT2D eigenvalue weighted by molar-refractivity contribution is -0.139. The summed E-state index contributed by atoms with van der Waals surface area (Å²) in [5, 5.41) is 18.2. The fourth-order valence-corrected chi connectivity index (χ4v) is 3.38. The van der Waals surface area contributed by atoms with Gasteiger partial charge >= 0.3 is 5.97 Å². The van der Waals surface area contributed by atoms with Crippen molar-refractivity contribution in [3.05, 3.63) is 59.4 Å². The second-order valence-electron chi connectivity index (χ2n) is 6.48. The highest BCUT2D eigenvalue weighted by molar-refractivity contribution is 6.21. The molecule has 0 spiro atoms. The first kappa shape index (κ1) is 18.6. The average Bonchev–Trinajstić information content (AvgIpc) is 3.17. The van der Waals surface area contributed by atoms with Crippen LogP contribution in [-0.4, -0.2) is 55.7 Å². The molecule has 0 atom stereocenters. The maximum atomic E-state index is 12.6. The van der Waals surface area contributed by atoms with Crippen molar-refractivity contribution in [2.24, 2.45) is 0 Å². The number of rotatable bonds is 7. The topological polar surface area (TPSA) is 122 Å². The number of fused-ring (bicyclic) bond motifs is 2. The Morgan fingerprint density at radius 2 is 1.76 bits per heavy atom. The zero-order chi connectivity index (χ0) is 20.5. The number of hydrogen-bond donors (Lipinski definition) is 2. The van der Waals surface area contributed by atoms with Crippen LogP contribution in [0.2, 0.25) is 0 Å². The van der Waals surface area contributed by atoms with Crippen LogP contribution >= 0.6 is 0 Å². The van der Waals surface area contributed by atoms with Gasteiger partial charge < -0.3 is 19.5 Å². The molecule has 9 nitrogen and oxygen atoms in total. The van der Waals surface area contributed by atoms with Crippen molar-refractivity contribution in [3.8, 4) is 5.75 Å². The minimum Gasteiger partial charge on any atom is -0.482 e. The van der Waals surface area contributed by atoms with Gasteiger partial charge in [0, 0.05) is 12.6 Å². The smallest absolute Gasteiger partial charge is 0.341 e. The van der Waals surface area contributed by atoms with Gasteiger partial charge in [0.1, 0.15) is 11.6 Å². The molecular formula is C20H17N3O6. The highest BCUT2D eigenvalue weighted by Gasteiger charge is 2.36. The molecule has 1 aromatic heterocycles. The summed E-state index contributed by atoms with van der Waals surface area (Å²) in [5.41, 5.74) is 1.89. The molecule has 1 aliphatic heterocycles. The fourth-order valence-electron chi connectivity index (χ4n) is 3.38. The standard InChI is InChI=1S/C20H17N3O6/c24-8-7-22-16-9-12(29-11-18(25)26)5-6-15(16)21-17(22)10-23-19(27)13-3-1-2-4-14(13)20(23)28/h1-6,9,24H,7-8,10-11H2,(H,25,26). The summed E-state index contributed by atoms with van der Waals surface area (Å²) >= 11 is 0. The van der Waals surface area contributed by atoms with Gasteiger partial charge in [-0.3, -0.25) is 14.5 Å². The van der Waals surface area contributed by atoms with Gasteiger partial charge in [0.25, 0.3) is 11.8 Å². The van der Waals surface area contributed by atoms with Crippen molar-refractivity contribution in [1.29, 1.82) is 0 Å². The number of ether oxygens (including phenoxy) is 1. The Hall–Kier alpha value is -3.72. The van der Waals surface area contributed by atoms with Crippen LogP contribution in [0.1, 0.15) is 26.5 Å². The third-order valence-electron chi connectivity index (χ3n) is 4.66. The van der Waals surface area contributed by atoms with Gasteiger partial charge in [0.2, 0.25) is 0 Å². The average molecular weight is 395 g/mol. The largest absolute Gasteiger partial charge is 0.482 e. The normalized spacial score (nSPS) is 13.2. The van der Waals surface area contributed by atoms with E-state index in [1.54, 1.807) is 47.0 Å². The second kappa shape index (κ2) is 7.36. The quantitative estimate of drug-likeness (QED) is 0.578. The molecule has 4 rings (SSSR count). The van der Waals surface area contributed by atoms with Crippen LogP contribution in [0.4, 0.5) is 0 Å². The lowest BCUT2D eigenvalue weighted by Crippen LogP contribution is -2.30. The first-order chi connectivity index (χ1) is 14.0. The number of hydrogen-bond acceptors (Lipinski definition) is 6. The highest BCUT2D eigenvalue weighted by atomic mass is 16.5. The number of aromatic nitrogens is 2. The third-order valence-corrected chi connectivity index (χ3v) is 4.66. The summed E-state index contributed by atoms with van der Waals surface area (Å²) in [6.45, 7) is -0.522. The molecule has 1 aliphatic rings. The number of nitrogens with zero attached hydrogens (tertiary/aromatic N) is 3. The van der Waals surface area contributed by atoms with Crippen molar-refractivity contribution >= 4 is 28.8 Å². The number of carboxylic acid groups (broad SMARTS) is 1. The fraction of sp³-hybridized carbons (Fsp3) is 0.200. The Labute approximate surface area is 164 Å². The molecule has 2 aromatic carbocycles. The Bertz CT molecular complexity index is 1100. The van der Waals surface area contributed by atoms with Gasteiger partial charge in [-0.25, -0.2) is 9.78 Å². The van der Waals surface area contributed by atoms with Crippen LogP contribution in [0, 0.1) is 0 Å². The van der Waals surface area contributed by atoms with Gasteiger partial charge in [-0.15, -0.1) is 0 Å². The number of imidazole rings is 1. The van der Waals surface area contributed by atoms with E-state index in [0.29, 0.717) is 33.7 Å². The zero-order valence-corrected chi connectivity index (χ0v) is 15.2. The van der Waals surface area contributed by atoms with Crippen molar-refractivity contribution in [3.63, 3.8) is 0 Å². The van der Waals surface area contributed by atoms with E-state index in [2.05, 4.69) is 4.98 Å². The predicted octanol–water partition coefficient (Wildman–Crippen LogP) is 1.29. The van der Waals surface area contributed by atoms with Crippen LogP contribution in [-0.2, 0) is 17.9 Å². The number of carboxylic acids is 1. The third kappa shape index (κ3) is 3.32. The van der Waals surface area contributed by atoms with Gasteiger partial charge in [-0.2, -0.15) is 0 Å². The summed E-state index contributed by atoms with van der Waals surface area (Å²) in [7, 11) is 0. The van der Waals surface area contributed by atoms with E-state index in [4.69, 9.17) is 9.84 Å². The van der Waals surface area contributed by atoms with E-state index in [1.807, 2.05) is 0 Å². The van der Waals surface area contributed by atoms with E-state index in [-0.39, 0.29) is 19.7 Å². The van der Waals surface area contributed by atoms with E-state index in [9.17, 15) is 19.5 Å². The SMILES string of the molecule is O=C(O)COc1ccc2nc(CN3C(=O)c4ccccc4C3=O)n(CCO)c2c1. The van der Waals surface area contributed by atoms with Gasteiger partial charge in [-0.05, 0) is 24.3 Å². The maximum absolute atomic E-state index is 12.6. The van der Waals surface area contributed by atoms with Crippen molar-refractivity contribution in [1.82, 2.24) is 14.5 Å². The maximum Gasteiger partial charge on any atom is 0.341 e. The monoisotopic (exact) mass is 395 g/mol. The molecule has 0 aliphatic carbocycles. The molecule has 148 valence electrons. The molecule has 0 bridgehead atoms. The van der Waals surface area contributed by atoms with Crippen LogP contribution in [0.5, 0.6) is 5.75 Å². The second-order valence-corrected chi connectivity index (χ2v) is 6.48. The van der Waals surface area contributed by atoms with Gasteiger partial charge in [0.05, 0.1) is 35.3 Å². The highest BCUT2D eigenvalue weighted by Crippen LogP contribution is 2.27. The number of aliphatic hydroxyl groups is 1. The summed E-state index contributed by atoms with van der Waals surface area (Å²) in [6, 6.07) is 11.5. The van der Waals surface area contributed by atoms with Crippen molar-refractivity contribution in [2.75, 3.05) is 13.2 Å². The first-order valence-electron chi connectivity index (χ1n) is 8.89. The Morgan fingerprint density at radius 3 is 2.38 bits per heavy atom. The first-order valence-corrected chi connectivity index (χ1v) is 8.89. The molecule has 0 fully saturated rings. The van der Waals surface area contributed by atoms with Crippen molar-refractivity contribution in [2.45, 2.75) is 13.1 Å². The lowest BCUT2D eigenvalue weighted by atomic mass is 10.1. The molecule has 0 saturated heterocycles. The Kier molecular flexibility index (Phi) is 4.73. The number of aliphatic hydroxyl groups excluding tert-OH is 1. The number of aliphatic carboxylic acids is 1. The zero-order valence-electron chi connectivity index (χ0n) is 15.2. The number of carbonyl (C=O) groups excluding carboxylic acids is 2. The molecule has 9 heteroatoms. The van der Waals surface area contributed by atoms with Crippen LogP contribution in [0.15, 0.2) is 42.5 Å². The minimum absolute atomic E-state index is 0.0493. The van der Waals surface area contributed by atoms with E-state index < -0.39 is 24.4 Å². The minimum atomic E-state index is -1.10. The molecule has 2 heterocycles. The Balaban J connectivity index is 1.68. The molecule has 2 N–H and O–H groups in total. The number of amides is 2. The summed E-state index contributed by atoms with van der Waals surface area (Å²) in [4.78, 5) is 41.6. The van der Waals surface area contributed by atoms with E-state index in [0.717, 1.165) is 4.90 Å². The predicted molar refractivity (Wildman–Crippen MR) is 101 cm³/mol. The van der Waals surface area contributed by atoms with Gasteiger partial charge in [0.15, 0.2) is 6.61 Å². The van der Waals surface area contributed by atoms with Gasteiger partial charge in [-0.1, -0.05) is 12.1 Å². The molecular weight excluding hydrogens is 378 g/mol. The number of carbonyl (C=O) groups is 3. The molecule has 0 unspecified atom stereocenters. The van der Waals surface area contributed by atoms with Crippen LogP contribution in [0.3, 0.4) is 0 Å². The number of imide groups is 1. The molecule has 3 aromatic rings. The van der Waals surface area contributed by atoms with E-state index >= 15 is 0 Å². The molecule has 29 heavy (non-hydrogen) atoms. The summed E-state index contributed by atoms with van der Waals surface area (Å²) in [6.07, 6.45) is 0. The number of benzene rings is 2.